The second-order valence-electron chi connectivity index (χ2n) is 7.51. The van der Waals surface area contributed by atoms with Crippen molar-refractivity contribution in [2.24, 2.45) is 35.5 Å². The summed E-state index contributed by atoms with van der Waals surface area (Å²) in [5, 5.41) is 0. The Kier molecular flexibility index (Phi) is 5.49. The van der Waals surface area contributed by atoms with E-state index in [2.05, 4.69) is 55.4 Å². The van der Waals surface area contributed by atoms with Crippen LogP contribution in [0.15, 0.2) is 11.1 Å². The first kappa shape index (κ1) is 15.8. The molecule has 0 aromatic rings. The molecule has 0 fully saturated rings. The van der Waals surface area contributed by atoms with Gasteiger partial charge in [0.05, 0.1) is 0 Å². The molecular formula is C18H34. The molecule has 0 saturated carbocycles. The van der Waals surface area contributed by atoms with Gasteiger partial charge in [0.15, 0.2) is 0 Å². The molecule has 0 amide bonds. The molecule has 0 saturated heterocycles. The summed E-state index contributed by atoms with van der Waals surface area (Å²) in [6.45, 7) is 19.2. The maximum absolute atomic E-state index is 2.42. The van der Waals surface area contributed by atoms with Crippen LogP contribution in [0.3, 0.4) is 0 Å². The molecule has 0 N–H and O–H groups in total. The number of allylic oxidation sites excluding steroid dienone is 2. The molecule has 0 aromatic heterocycles. The Morgan fingerprint density at radius 3 is 1.67 bits per heavy atom. The molecule has 1 rings (SSSR count). The molecular weight excluding hydrogens is 216 g/mol. The van der Waals surface area contributed by atoms with Crippen molar-refractivity contribution >= 4 is 0 Å². The lowest BCUT2D eigenvalue weighted by molar-refractivity contribution is 0.187. The molecule has 0 bridgehead atoms. The third-order valence-electron chi connectivity index (χ3n) is 4.83. The van der Waals surface area contributed by atoms with Crippen LogP contribution in [0.5, 0.6) is 0 Å². The van der Waals surface area contributed by atoms with Crippen LogP contribution in [0.1, 0.15) is 68.2 Å². The minimum atomic E-state index is 0.719. The highest BCUT2D eigenvalue weighted by Gasteiger charge is 2.36. The smallest absolute Gasteiger partial charge is 0.0144 e. The van der Waals surface area contributed by atoms with E-state index >= 15 is 0 Å². The Balaban J connectivity index is 3.23. The maximum atomic E-state index is 2.42. The Hall–Kier alpha value is -0.260. The molecule has 0 radical (unpaired) electrons. The highest BCUT2D eigenvalue weighted by molar-refractivity contribution is 5.25. The van der Waals surface area contributed by atoms with Crippen LogP contribution in [-0.2, 0) is 0 Å². The normalized spacial score (nSPS) is 26.0. The molecule has 18 heavy (non-hydrogen) atoms. The molecule has 1 aliphatic rings. The first-order valence-electron chi connectivity index (χ1n) is 8.00. The Labute approximate surface area is 115 Å². The van der Waals surface area contributed by atoms with Crippen molar-refractivity contribution in [1.82, 2.24) is 0 Å². The van der Waals surface area contributed by atoms with E-state index in [-0.39, 0.29) is 0 Å². The van der Waals surface area contributed by atoms with Crippen LogP contribution in [0.2, 0.25) is 0 Å². The Bertz CT molecular complexity index is 291. The zero-order chi connectivity index (χ0) is 14.0. The summed E-state index contributed by atoms with van der Waals surface area (Å²) in [4.78, 5) is 0. The number of rotatable bonds is 4. The molecule has 2 atom stereocenters. The van der Waals surface area contributed by atoms with Crippen LogP contribution in [0.25, 0.3) is 0 Å². The van der Waals surface area contributed by atoms with Gasteiger partial charge in [0.25, 0.3) is 0 Å². The Morgan fingerprint density at radius 1 is 0.778 bits per heavy atom. The summed E-state index contributed by atoms with van der Waals surface area (Å²) < 4.78 is 0. The van der Waals surface area contributed by atoms with E-state index in [0.29, 0.717) is 0 Å². The summed E-state index contributed by atoms with van der Waals surface area (Å²) in [5.41, 5.74) is 3.59. The van der Waals surface area contributed by atoms with Gasteiger partial charge in [0.2, 0.25) is 0 Å². The van der Waals surface area contributed by atoms with Gasteiger partial charge in [0.1, 0.15) is 0 Å². The van der Waals surface area contributed by atoms with Gasteiger partial charge >= 0.3 is 0 Å². The average Bonchev–Trinajstić information content (AvgIpc) is 2.26. The van der Waals surface area contributed by atoms with Crippen LogP contribution < -0.4 is 0 Å². The zero-order valence-electron chi connectivity index (χ0n) is 13.9. The van der Waals surface area contributed by atoms with E-state index in [9.17, 15) is 0 Å². The zero-order valence-corrected chi connectivity index (χ0v) is 13.9. The quantitative estimate of drug-likeness (QED) is 0.542. The third kappa shape index (κ3) is 3.19. The Morgan fingerprint density at radius 2 is 1.33 bits per heavy atom. The number of hydrogen-bond donors (Lipinski definition) is 0. The van der Waals surface area contributed by atoms with Gasteiger partial charge in [-0.3, -0.25) is 0 Å². The largest absolute Gasteiger partial charge is 0.0679 e. The fourth-order valence-corrected chi connectivity index (χ4v) is 4.07. The minimum absolute atomic E-state index is 0.719. The first-order valence-corrected chi connectivity index (χ1v) is 8.00. The van der Waals surface area contributed by atoms with Crippen LogP contribution in [0.4, 0.5) is 0 Å². The topological polar surface area (TPSA) is 0 Å². The fraction of sp³-hybridized carbons (Fsp3) is 0.889. The predicted octanol–water partition coefficient (Wildman–Crippen LogP) is 5.93. The lowest BCUT2D eigenvalue weighted by atomic mass is 9.62. The van der Waals surface area contributed by atoms with E-state index < -0.39 is 0 Å². The van der Waals surface area contributed by atoms with Gasteiger partial charge in [-0.2, -0.15) is 0 Å². The lowest BCUT2D eigenvalue weighted by Crippen LogP contribution is -2.33. The van der Waals surface area contributed by atoms with Crippen molar-refractivity contribution in [1.29, 1.82) is 0 Å². The molecule has 1 aliphatic carbocycles. The van der Waals surface area contributed by atoms with E-state index in [1.165, 1.54) is 12.8 Å². The minimum Gasteiger partial charge on any atom is -0.0679 e. The molecule has 0 nitrogen and oxygen atoms in total. The van der Waals surface area contributed by atoms with E-state index in [1.807, 2.05) is 5.57 Å². The summed E-state index contributed by atoms with van der Waals surface area (Å²) >= 11 is 0. The second-order valence-corrected chi connectivity index (χ2v) is 7.51. The van der Waals surface area contributed by atoms with Crippen molar-refractivity contribution in [3.05, 3.63) is 11.1 Å². The second kappa shape index (κ2) is 6.26. The third-order valence-corrected chi connectivity index (χ3v) is 4.83. The van der Waals surface area contributed by atoms with Gasteiger partial charge in [-0.05, 0) is 48.3 Å². The van der Waals surface area contributed by atoms with Crippen molar-refractivity contribution in [2.45, 2.75) is 68.2 Å². The maximum Gasteiger partial charge on any atom is -0.0144 e. The van der Waals surface area contributed by atoms with E-state index in [0.717, 1.165) is 35.5 Å². The summed E-state index contributed by atoms with van der Waals surface area (Å²) in [6, 6.07) is 0. The van der Waals surface area contributed by atoms with Crippen molar-refractivity contribution in [2.75, 3.05) is 0 Å². The molecule has 0 aromatic carbocycles. The van der Waals surface area contributed by atoms with Crippen molar-refractivity contribution in [3.63, 3.8) is 0 Å². The highest BCUT2D eigenvalue weighted by Crippen LogP contribution is 2.47. The fourth-order valence-electron chi connectivity index (χ4n) is 4.07. The highest BCUT2D eigenvalue weighted by atomic mass is 14.4. The summed E-state index contributed by atoms with van der Waals surface area (Å²) in [5.74, 6) is 4.76. The first-order chi connectivity index (χ1) is 8.27. The van der Waals surface area contributed by atoms with Gasteiger partial charge < -0.3 is 0 Å². The molecule has 0 aliphatic heterocycles. The lowest BCUT2D eigenvalue weighted by Gasteiger charge is -2.43. The van der Waals surface area contributed by atoms with E-state index in [4.69, 9.17) is 0 Å². The van der Waals surface area contributed by atoms with E-state index in [1.54, 1.807) is 5.57 Å². The standard InChI is InChI=1S/C18H34/c1-11(2)15-9-10-16(12(3)4)18(14(7)8)17(15)13(5)6/h11-15,17H,9-10H2,1-8H3. The molecule has 2 unspecified atom stereocenters. The van der Waals surface area contributed by atoms with Gasteiger partial charge in [-0.1, -0.05) is 66.5 Å². The van der Waals surface area contributed by atoms with Crippen molar-refractivity contribution in [3.8, 4) is 0 Å². The van der Waals surface area contributed by atoms with Gasteiger partial charge in [-0.15, -0.1) is 0 Å². The van der Waals surface area contributed by atoms with Gasteiger partial charge in [-0.25, -0.2) is 0 Å². The van der Waals surface area contributed by atoms with Crippen LogP contribution >= 0.6 is 0 Å². The van der Waals surface area contributed by atoms with Crippen LogP contribution in [-0.4, -0.2) is 0 Å². The number of hydrogen-bond acceptors (Lipinski definition) is 0. The summed E-state index contributed by atoms with van der Waals surface area (Å²) in [7, 11) is 0. The molecule has 0 heterocycles. The van der Waals surface area contributed by atoms with Gasteiger partial charge in [0, 0.05) is 0 Å². The monoisotopic (exact) mass is 250 g/mol. The molecule has 0 spiro atoms. The molecule has 0 heteroatoms. The van der Waals surface area contributed by atoms with Crippen molar-refractivity contribution < 1.29 is 0 Å². The SMILES string of the molecule is CC(C)C1=C(C(C)C)C(C(C)C)C(C(C)C)CC1. The molecule has 106 valence electrons. The summed E-state index contributed by atoms with van der Waals surface area (Å²) in [6.07, 6.45) is 2.75. The van der Waals surface area contributed by atoms with Crippen LogP contribution in [0, 0.1) is 35.5 Å². The average molecular weight is 250 g/mol. The predicted molar refractivity (Wildman–Crippen MR) is 82.6 cm³/mol.